The number of thioether (sulfide) groups is 1. The van der Waals surface area contributed by atoms with Gasteiger partial charge in [0.05, 0.1) is 0 Å². The number of halogens is 1. The van der Waals surface area contributed by atoms with Crippen molar-refractivity contribution in [2.75, 3.05) is 17.9 Å². The van der Waals surface area contributed by atoms with Gasteiger partial charge in [-0.05, 0) is 30.8 Å². The molecule has 0 aliphatic heterocycles. The van der Waals surface area contributed by atoms with Crippen molar-refractivity contribution in [3.8, 4) is 0 Å². The predicted molar refractivity (Wildman–Crippen MR) is 47.5 cm³/mol. The van der Waals surface area contributed by atoms with Crippen LogP contribution in [-0.4, -0.2) is 17.9 Å². The summed E-state index contributed by atoms with van der Waals surface area (Å²) >= 11 is 7.54. The van der Waals surface area contributed by atoms with Gasteiger partial charge in [-0.2, -0.15) is 11.8 Å². The number of hydrogen-bond donors (Lipinski definition) is 0. The Morgan fingerprint density at radius 3 is 2.67 bits per heavy atom. The molecule has 0 bridgehead atoms. The fourth-order valence-corrected chi connectivity index (χ4v) is 1.26. The summed E-state index contributed by atoms with van der Waals surface area (Å²) in [4.78, 5) is 0. The van der Waals surface area contributed by atoms with Crippen molar-refractivity contribution in [1.29, 1.82) is 0 Å². The maximum absolute atomic E-state index is 5.62. The first-order valence-corrected chi connectivity index (χ1v) is 5.29. The summed E-state index contributed by atoms with van der Waals surface area (Å²) in [6, 6.07) is 0. The molecule has 0 spiro atoms. The lowest BCUT2D eigenvalue weighted by atomic mass is 10.1. The monoisotopic (exact) mass is 166 g/mol. The van der Waals surface area contributed by atoms with Gasteiger partial charge in [-0.15, -0.1) is 11.6 Å². The minimum absolute atomic E-state index is 0.707. The average Bonchev–Trinajstić information content (AvgIpc) is 1.89. The van der Waals surface area contributed by atoms with E-state index in [4.69, 9.17) is 11.6 Å². The molecule has 0 nitrogen and oxygen atoms in total. The second-order valence-electron chi connectivity index (χ2n) is 2.39. The van der Waals surface area contributed by atoms with Crippen LogP contribution in [0.5, 0.6) is 0 Å². The molecule has 2 heteroatoms. The van der Waals surface area contributed by atoms with Crippen LogP contribution in [-0.2, 0) is 0 Å². The molecule has 0 heterocycles. The molecule has 0 saturated heterocycles. The third-order valence-electron chi connectivity index (χ3n) is 1.31. The van der Waals surface area contributed by atoms with Crippen LogP contribution in [0.2, 0.25) is 0 Å². The molecule has 0 aromatic carbocycles. The second-order valence-corrected chi connectivity index (χ2v) is 3.69. The molecule has 0 aromatic heterocycles. The summed E-state index contributed by atoms with van der Waals surface area (Å²) in [5.41, 5.74) is 0. The first-order valence-electron chi connectivity index (χ1n) is 3.36. The van der Waals surface area contributed by atoms with Crippen molar-refractivity contribution in [2.45, 2.75) is 19.8 Å². The largest absolute Gasteiger partial charge is 0.165 e. The molecule has 1 unspecified atom stereocenters. The lowest BCUT2D eigenvalue weighted by molar-refractivity contribution is 0.585. The molecule has 0 saturated carbocycles. The van der Waals surface area contributed by atoms with E-state index in [9.17, 15) is 0 Å². The molecule has 56 valence electrons. The van der Waals surface area contributed by atoms with Crippen molar-refractivity contribution in [3.63, 3.8) is 0 Å². The maximum atomic E-state index is 5.62. The molecular formula is C7H15ClS. The normalized spacial score (nSPS) is 13.7. The molecule has 0 aliphatic rings. The van der Waals surface area contributed by atoms with Crippen LogP contribution in [0.1, 0.15) is 19.8 Å². The third-order valence-corrected chi connectivity index (χ3v) is 2.53. The van der Waals surface area contributed by atoms with Crippen LogP contribution < -0.4 is 0 Å². The average molecular weight is 167 g/mol. The molecule has 0 radical (unpaired) electrons. The van der Waals surface area contributed by atoms with Crippen LogP contribution in [0.25, 0.3) is 0 Å². The Labute approximate surface area is 67.4 Å². The van der Waals surface area contributed by atoms with E-state index < -0.39 is 0 Å². The van der Waals surface area contributed by atoms with E-state index in [1.165, 1.54) is 18.6 Å². The first-order chi connectivity index (χ1) is 4.31. The van der Waals surface area contributed by atoms with Crippen molar-refractivity contribution in [3.05, 3.63) is 0 Å². The minimum atomic E-state index is 0.707. The highest BCUT2D eigenvalue weighted by atomic mass is 35.5. The molecule has 0 rings (SSSR count). The van der Waals surface area contributed by atoms with Crippen LogP contribution >= 0.6 is 23.4 Å². The number of hydrogen-bond acceptors (Lipinski definition) is 1. The van der Waals surface area contributed by atoms with Crippen LogP contribution in [0.15, 0.2) is 0 Å². The van der Waals surface area contributed by atoms with Gasteiger partial charge in [-0.25, -0.2) is 0 Å². The zero-order valence-corrected chi connectivity index (χ0v) is 7.76. The van der Waals surface area contributed by atoms with Crippen LogP contribution in [0.4, 0.5) is 0 Å². The topological polar surface area (TPSA) is 0 Å². The van der Waals surface area contributed by atoms with Gasteiger partial charge >= 0.3 is 0 Å². The Kier molecular flexibility index (Phi) is 7.24. The smallest absolute Gasteiger partial charge is 0.0249 e. The molecule has 0 N–H and O–H groups in total. The highest BCUT2D eigenvalue weighted by Gasteiger charge is 1.97. The summed E-state index contributed by atoms with van der Waals surface area (Å²) in [5.74, 6) is 2.80. The molecule has 0 amide bonds. The van der Waals surface area contributed by atoms with Gasteiger partial charge in [0.25, 0.3) is 0 Å². The van der Waals surface area contributed by atoms with Gasteiger partial charge < -0.3 is 0 Å². The fourth-order valence-electron chi connectivity index (χ4n) is 0.653. The first kappa shape index (κ1) is 9.64. The molecule has 9 heavy (non-hydrogen) atoms. The number of rotatable bonds is 5. The van der Waals surface area contributed by atoms with E-state index in [1.807, 2.05) is 11.8 Å². The standard InChI is InChI=1S/C7H15ClS/c1-7(6-8)4-3-5-9-2/h7H,3-6H2,1-2H3. The highest BCUT2D eigenvalue weighted by molar-refractivity contribution is 7.98. The van der Waals surface area contributed by atoms with Crippen LogP contribution in [0.3, 0.4) is 0 Å². The van der Waals surface area contributed by atoms with Gasteiger partial charge in [-0.1, -0.05) is 6.92 Å². The lowest BCUT2D eigenvalue weighted by Crippen LogP contribution is -1.95. The Hall–Kier alpha value is 0.640. The van der Waals surface area contributed by atoms with Gasteiger partial charge in [-0.3, -0.25) is 0 Å². The zero-order valence-electron chi connectivity index (χ0n) is 6.19. The number of alkyl halides is 1. The molecule has 0 aliphatic carbocycles. The fraction of sp³-hybridized carbons (Fsp3) is 1.00. The van der Waals surface area contributed by atoms with E-state index in [-0.39, 0.29) is 0 Å². The van der Waals surface area contributed by atoms with E-state index in [0.29, 0.717) is 5.92 Å². The van der Waals surface area contributed by atoms with E-state index in [0.717, 1.165) is 5.88 Å². The predicted octanol–water partition coefficient (Wildman–Crippen LogP) is 3.00. The molecular weight excluding hydrogens is 152 g/mol. The Morgan fingerprint density at radius 1 is 1.56 bits per heavy atom. The van der Waals surface area contributed by atoms with Crippen molar-refractivity contribution in [1.82, 2.24) is 0 Å². The zero-order chi connectivity index (χ0) is 7.11. The second kappa shape index (κ2) is 6.76. The Balaban J connectivity index is 2.88. The summed E-state index contributed by atoms with van der Waals surface area (Å²) in [6.07, 6.45) is 4.74. The van der Waals surface area contributed by atoms with E-state index in [2.05, 4.69) is 13.2 Å². The Morgan fingerprint density at radius 2 is 2.22 bits per heavy atom. The summed E-state index contributed by atoms with van der Waals surface area (Å²) in [5, 5.41) is 0. The van der Waals surface area contributed by atoms with Gasteiger partial charge in [0, 0.05) is 5.88 Å². The molecule has 0 fully saturated rings. The van der Waals surface area contributed by atoms with Crippen molar-refractivity contribution < 1.29 is 0 Å². The quantitative estimate of drug-likeness (QED) is 0.447. The van der Waals surface area contributed by atoms with Crippen molar-refractivity contribution in [2.24, 2.45) is 5.92 Å². The summed E-state index contributed by atoms with van der Waals surface area (Å²) in [7, 11) is 0. The van der Waals surface area contributed by atoms with Gasteiger partial charge in [0.1, 0.15) is 0 Å². The van der Waals surface area contributed by atoms with E-state index in [1.54, 1.807) is 0 Å². The summed E-state index contributed by atoms with van der Waals surface area (Å²) < 4.78 is 0. The molecule has 1 atom stereocenters. The Bertz CT molecular complexity index is 56.9. The van der Waals surface area contributed by atoms with Crippen LogP contribution in [0, 0.1) is 5.92 Å². The third kappa shape index (κ3) is 6.53. The minimum Gasteiger partial charge on any atom is -0.165 e. The van der Waals surface area contributed by atoms with Gasteiger partial charge in [0.2, 0.25) is 0 Å². The SMILES string of the molecule is CSCCCC(C)CCl. The van der Waals surface area contributed by atoms with Crippen molar-refractivity contribution >= 4 is 23.4 Å². The lowest BCUT2D eigenvalue weighted by Gasteiger charge is -2.04. The molecule has 0 aromatic rings. The summed E-state index contributed by atoms with van der Waals surface area (Å²) in [6.45, 7) is 2.20. The maximum Gasteiger partial charge on any atom is 0.0249 e. The van der Waals surface area contributed by atoms with Gasteiger partial charge in [0.15, 0.2) is 0 Å². The highest BCUT2D eigenvalue weighted by Crippen LogP contribution is 2.09. The van der Waals surface area contributed by atoms with E-state index >= 15 is 0 Å².